The number of cyclic esters (lactones) is 1. The van der Waals surface area contributed by atoms with Gasteiger partial charge in [0, 0.05) is 50.6 Å². The number of carbonyl (C=O) groups is 4. The number of amides is 3. The molecule has 0 aromatic heterocycles. The molecule has 3 amide bonds. The van der Waals surface area contributed by atoms with Crippen LogP contribution in [-0.2, 0) is 28.7 Å². The van der Waals surface area contributed by atoms with E-state index in [1.807, 2.05) is 60.7 Å². The standard InChI is InChI=1S/C37H44N4O7/c1-3-39(4-2)26-16-18-27(19-17-26)40-21-10-20-37-32(35(45)41(22-11-23-42)33(37)36(40)46)31-29(48-37)14-8-9-15-30(43)47-24-28(38-34(31)44)25-12-6-5-7-13-25/h5-8,10,12-14,16-20,28-29,31-33,42H,3-4,9,11,15,21-24H2,1-2H3,(H,38,44)/b14-8-/t28-,29+,31-,32-,33+,37-/m1/s1. The number of fused-ring (bicyclic) bond motifs is 2. The number of ether oxygens (including phenoxy) is 2. The number of allylic oxidation sites excluding steroid dienone is 1. The number of esters is 1. The van der Waals surface area contributed by atoms with E-state index in [2.05, 4.69) is 24.1 Å². The van der Waals surface area contributed by atoms with Gasteiger partial charge >= 0.3 is 5.97 Å². The molecule has 0 unspecified atom stereocenters. The Labute approximate surface area is 281 Å². The van der Waals surface area contributed by atoms with Crippen LogP contribution in [0.15, 0.2) is 78.9 Å². The Hall–Kier alpha value is -4.48. The zero-order valence-corrected chi connectivity index (χ0v) is 27.5. The van der Waals surface area contributed by atoms with Gasteiger partial charge in [-0.15, -0.1) is 0 Å². The average Bonchev–Trinajstić information content (AvgIpc) is 3.48. The first-order valence-electron chi connectivity index (χ1n) is 16.9. The number of carbonyl (C=O) groups excluding carboxylic acids is 4. The molecule has 2 aromatic rings. The third-order valence-corrected chi connectivity index (χ3v) is 9.91. The van der Waals surface area contributed by atoms with Crippen LogP contribution < -0.4 is 15.1 Å². The number of nitrogens with one attached hydrogen (secondary N) is 1. The molecule has 4 heterocycles. The number of rotatable bonds is 8. The molecule has 2 aromatic carbocycles. The van der Waals surface area contributed by atoms with Crippen molar-refractivity contribution in [2.24, 2.45) is 11.8 Å². The van der Waals surface area contributed by atoms with E-state index in [1.54, 1.807) is 23.1 Å². The van der Waals surface area contributed by atoms with Gasteiger partial charge in [-0.3, -0.25) is 19.2 Å². The Morgan fingerprint density at radius 2 is 1.73 bits per heavy atom. The molecule has 2 N–H and O–H groups in total. The first-order chi connectivity index (χ1) is 23.3. The quantitative estimate of drug-likeness (QED) is 0.328. The van der Waals surface area contributed by atoms with Crippen molar-refractivity contribution >= 4 is 35.1 Å². The summed E-state index contributed by atoms with van der Waals surface area (Å²) < 4.78 is 12.3. The molecule has 4 aliphatic rings. The summed E-state index contributed by atoms with van der Waals surface area (Å²) in [4.78, 5) is 61.4. The van der Waals surface area contributed by atoms with Crippen LogP contribution in [0.2, 0.25) is 0 Å². The van der Waals surface area contributed by atoms with E-state index < -0.39 is 41.5 Å². The van der Waals surface area contributed by atoms with Gasteiger partial charge in [0.1, 0.15) is 18.2 Å². The molecule has 6 atom stereocenters. The predicted octanol–water partition coefficient (Wildman–Crippen LogP) is 3.15. The van der Waals surface area contributed by atoms with Gasteiger partial charge in [-0.05, 0) is 56.5 Å². The minimum absolute atomic E-state index is 0.0635. The highest BCUT2D eigenvalue weighted by Gasteiger charge is 2.71. The highest BCUT2D eigenvalue weighted by Crippen LogP contribution is 2.53. The molecule has 2 fully saturated rings. The van der Waals surface area contributed by atoms with Crippen LogP contribution in [0.25, 0.3) is 0 Å². The Bertz CT molecular complexity index is 1560. The van der Waals surface area contributed by atoms with Crippen molar-refractivity contribution in [1.82, 2.24) is 10.2 Å². The fourth-order valence-corrected chi connectivity index (χ4v) is 7.58. The lowest BCUT2D eigenvalue weighted by Gasteiger charge is -2.35. The molecule has 1 spiro atoms. The van der Waals surface area contributed by atoms with Gasteiger partial charge < -0.3 is 34.6 Å². The molecule has 4 aliphatic heterocycles. The van der Waals surface area contributed by atoms with E-state index in [1.165, 1.54) is 4.90 Å². The molecule has 48 heavy (non-hydrogen) atoms. The monoisotopic (exact) mass is 656 g/mol. The molecular formula is C37H44N4O7. The fraction of sp³-hybridized carbons (Fsp3) is 0.459. The third kappa shape index (κ3) is 6.12. The minimum Gasteiger partial charge on any atom is -0.463 e. The third-order valence-electron chi connectivity index (χ3n) is 9.91. The van der Waals surface area contributed by atoms with Gasteiger partial charge in [0.15, 0.2) is 0 Å². The summed E-state index contributed by atoms with van der Waals surface area (Å²) in [6, 6.07) is 15.3. The van der Waals surface area contributed by atoms with Gasteiger partial charge in [0.2, 0.25) is 11.8 Å². The number of likely N-dealkylation sites (tertiary alicyclic amines) is 1. The van der Waals surface area contributed by atoms with Gasteiger partial charge in [-0.25, -0.2) is 0 Å². The molecule has 6 rings (SSSR count). The van der Waals surface area contributed by atoms with Gasteiger partial charge in [-0.1, -0.05) is 54.6 Å². The van der Waals surface area contributed by atoms with Gasteiger partial charge in [0.25, 0.3) is 5.91 Å². The minimum atomic E-state index is -1.43. The Kier molecular flexibility index (Phi) is 9.98. The number of aliphatic hydroxyl groups is 1. The van der Waals surface area contributed by atoms with E-state index in [4.69, 9.17) is 9.47 Å². The zero-order valence-electron chi connectivity index (χ0n) is 27.5. The Balaban J connectivity index is 1.39. The highest BCUT2D eigenvalue weighted by molar-refractivity contribution is 6.05. The van der Waals surface area contributed by atoms with Crippen molar-refractivity contribution in [2.75, 3.05) is 49.2 Å². The summed E-state index contributed by atoms with van der Waals surface area (Å²) in [7, 11) is 0. The number of anilines is 2. The zero-order chi connectivity index (χ0) is 33.8. The van der Waals surface area contributed by atoms with Crippen LogP contribution in [0.3, 0.4) is 0 Å². The second kappa shape index (κ2) is 14.3. The SMILES string of the molecule is CCN(CC)c1ccc(N2CC=C[C@@]34O[C@H]5/C=C\CCC(=O)OC[C@H](c6ccccc6)NC(=O)[C@H]5[C@@H]3C(=O)N(CCCO)[C@H]4C2=O)cc1. The molecule has 11 nitrogen and oxygen atoms in total. The molecule has 11 heteroatoms. The predicted molar refractivity (Wildman–Crippen MR) is 180 cm³/mol. The number of aliphatic hydroxyl groups excluding tert-OH is 1. The smallest absolute Gasteiger partial charge is 0.306 e. The molecule has 2 saturated heterocycles. The number of benzene rings is 2. The lowest BCUT2D eigenvalue weighted by molar-refractivity contribution is -0.146. The fourth-order valence-electron chi connectivity index (χ4n) is 7.58. The maximum atomic E-state index is 14.7. The van der Waals surface area contributed by atoms with Crippen molar-refractivity contribution in [3.63, 3.8) is 0 Å². The van der Waals surface area contributed by atoms with E-state index in [9.17, 15) is 24.3 Å². The second-order valence-corrected chi connectivity index (χ2v) is 12.6. The van der Waals surface area contributed by atoms with Gasteiger partial charge in [-0.2, -0.15) is 0 Å². The summed E-state index contributed by atoms with van der Waals surface area (Å²) in [5.74, 6) is -3.45. The maximum absolute atomic E-state index is 14.7. The van der Waals surface area contributed by atoms with Crippen molar-refractivity contribution < 1.29 is 33.8 Å². The maximum Gasteiger partial charge on any atom is 0.306 e. The second-order valence-electron chi connectivity index (χ2n) is 12.6. The Morgan fingerprint density at radius 1 is 0.979 bits per heavy atom. The van der Waals surface area contributed by atoms with E-state index >= 15 is 0 Å². The van der Waals surface area contributed by atoms with Crippen LogP contribution in [0, 0.1) is 11.8 Å². The summed E-state index contributed by atoms with van der Waals surface area (Å²) in [5, 5.41) is 12.8. The van der Waals surface area contributed by atoms with Crippen LogP contribution in [-0.4, -0.2) is 90.8 Å². The molecule has 0 bridgehead atoms. The Morgan fingerprint density at radius 3 is 2.44 bits per heavy atom. The molecule has 0 saturated carbocycles. The van der Waals surface area contributed by atoms with E-state index in [0.717, 1.165) is 24.3 Å². The summed E-state index contributed by atoms with van der Waals surface area (Å²) in [6.07, 6.45) is 7.11. The van der Waals surface area contributed by atoms with E-state index in [-0.39, 0.29) is 56.9 Å². The highest BCUT2D eigenvalue weighted by atomic mass is 16.5. The summed E-state index contributed by atoms with van der Waals surface area (Å²) >= 11 is 0. The summed E-state index contributed by atoms with van der Waals surface area (Å²) in [5.41, 5.74) is 1.06. The van der Waals surface area contributed by atoms with E-state index in [0.29, 0.717) is 12.1 Å². The molecule has 0 radical (unpaired) electrons. The topological polar surface area (TPSA) is 129 Å². The van der Waals surface area contributed by atoms with Crippen LogP contribution in [0.4, 0.5) is 11.4 Å². The van der Waals surface area contributed by atoms with Crippen LogP contribution in [0.5, 0.6) is 0 Å². The van der Waals surface area contributed by atoms with Crippen molar-refractivity contribution in [3.05, 3.63) is 84.5 Å². The molecular weight excluding hydrogens is 612 g/mol. The first-order valence-corrected chi connectivity index (χ1v) is 16.9. The molecule has 0 aliphatic carbocycles. The molecule has 254 valence electrons. The van der Waals surface area contributed by atoms with Crippen molar-refractivity contribution in [2.45, 2.75) is 56.9 Å². The largest absolute Gasteiger partial charge is 0.463 e. The number of hydrogen-bond acceptors (Lipinski definition) is 8. The van der Waals surface area contributed by atoms with Gasteiger partial charge in [0.05, 0.1) is 24.0 Å². The average molecular weight is 657 g/mol. The lowest BCUT2D eigenvalue weighted by atomic mass is 9.77. The number of hydrogen-bond donors (Lipinski definition) is 2. The number of nitrogens with zero attached hydrogens (tertiary/aromatic N) is 3. The summed E-state index contributed by atoms with van der Waals surface area (Å²) in [6.45, 7) is 6.05. The van der Waals surface area contributed by atoms with Crippen LogP contribution >= 0.6 is 0 Å². The normalized spacial score (nSPS) is 29.5. The first kappa shape index (κ1) is 33.4. The van der Waals surface area contributed by atoms with Crippen molar-refractivity contribution in [1.29, 1.82) is 0 Å². The van der Waals surface area contributed by atoms with Crippen molar-refractivity contribution in [3.8, 4) is 0 Å². The van der Waals surface area contributed by atoms with Crippen LogP contribution in [0.1, 0.15) is 44.7 Å². The lowest BCUT2D eigenvalue weighted by Crippen LogP contribution is -2.55.